The van der Waals surface area contributed by atoms with Crippen LogP contribution in [0.1, 0.15) is 22.3 Å². The number of nitrogens with two attached hydrogens (primary N) is 1. The molecule has 1 aromatic carbocycles. The lowest BCUT2D eigenvalue weighted by molar-refractivity contribution is 0.1000. The van der Waals surface area contributed by atoms with Crippen LogP contribution in [0, 0.1) is 0 Å². The zero-order chi connectivity index (χ0) is 13.2. The van der Waals surface area contributed by atoms with E-state index in [1.807, 2.05) is 30.0 Å². The van der Waals surface area contributed by atoms with Crippen LogP contribution in [0.5, 0.6) is 0 Å². The highest BCUT2D eigenvalue weighted by Crippen LogP contribution is 2.05. The average Bonchev–Trinajstić information content (AvgIpc) is 2.38. The number of hydrogen-bond acceptors (Lipinski definition) is 4. The molecule has 1 rings (SSSR count). The van der Waals surface area contributed by atoms with Gasteiger partial charge in [0.25, 0.3) is 0 Å². The number of primary amides is 1. The molecule has 0 aliphatic carbocycles. The second-order valence-electron chi connectivity index (χ2n) is 3.93. The molecule has 1 aromatic rings. The van der Waals surface area contributed by atoms with Gasteiger partial charge in [0.1, 0.15) is 0 Å². The van der Waals surface area contributed by atoms with Gasteiger partial charge in [-0.1, -0.05) is 12.1 Å². The molecular weight excluding hydrogens is 248 g/mol. The summed E-state index contributed by atoms with van der Waals surface area (Å²) >= 11 is 1.82. The lowest BCUT2D eigenvalue weighted by atomic mass is 10.1. The first-order valence-corrected chi connectivity index (χ1v) is 7.17. The Morgan fingerprint density at radius 3 is 2.94 bits per heavy atom. The normalized spacial score (nSPS) is 10.5. The molecule has 0 spiro atoms. The van der Waals surface area contributed by atoms with Crippen LogP contribution in [-0.4, -0.2) is 35.7 Å². The molecule has 0 fully saturated rings. The fraction of sp³-hybridized carbons (Fsp3) is 0.462. The van der Waals surface area contributed by atoms with Gasteiger partial charge in [0.15, 0.2) is 0 Å². The number of nitrogens with one attached hydrogen (secondary N) is 1. The van der Waals surface area contributed by atoms with Gasteiger partial charge in [-0.2, -0.15) is 11.8 Å². The second-order valence-corrected chi connectivity index (χ2v) is 5.16. The first kappa shape index (κ1) is 15.0. The molecule has 0 atom stereocenters. The first-order valence-electron chi connectivity index (χ1n) is 6.02. The zero-order valence-corrected chi connectivity index (χ0v) is 11.2. The Morgan fingerprint density at radius 2 is 2.22 bits per heavy atom. The summed E-state index contributed by atoms with van der Waals surface area (Å²) in [6.07, 6.45) is 0.853. The molecule has 0 aliphatic heterocycles. The van der Waals surface area contributed by atoms with E-state index in [1.54, 1.807) is 6.07 Å². The Hall–Kier alpha value is -1.04. The molecule has 5 heteroatoms. The van der Waals surface area contributed by atoms with Crippen LogP contribution in [0.15, 0.2) is 24.3 Å². The van der Waals surface area contributed by atoms with Crippen molar-refractivity contribution >= 4 is 17.7 Å². The van der Waals surface area contributed by atoms with Gasteiger partial charge in [0, 0.05) is 31.0 Å². The Balaban J connectivity index is 2.19. The predicted molar refractivity (Wildman–Crippen MR) is 75.7 cm³/mol. The van der Waals surface area contributed by atoms with Crippen molar-refractivity contribution in [3.05, 3.63) is 35.4 Å². The lowest BCUT2D eigenvalue weighted by Crippen LogP contribution is -2.17. The van der Waals surface area contributed by atoms with E-state index in [0.29, 0.717) is 5.56 Å². The van der Waals surface area contributed by atoms with Crippen molar-refractivity contribution in [1.29, 1.82) is 0 Å². The molecular formula is C13H20N2O2S. The SMILES string of the molecule is NC(=O)c1cccc(CNCCSCCCO)c1. The minimum absolute atomic E-state index is 0.264. The molecule has 100 valence electrons. The molecule has 4 nitrogen and oxygen atoms in total. The number of amides is 1. The number of aliphatic hydroxyl groups is 1. The zero-order valence-electron chi connectivity index (χ0n) is 10.4. The lowest BCUT2D eigenvalue weighted by Gasteiger charge is -2.05. The number of benzene rings is 1. The number of hydrogen-bond donors (Lipinski definition) is 3. The minimum Gasteiger partial charge on any atom is -0.396 e. The van der Waals surface area contributed by atoms with E-state index in [-0.39, 0.29) is 6.61 Å². The Labute approximate surface area is 112 Å². The summed E-state index contributed by atoms with van der Waals surface area (Å²) < 4.78 is 0. The summed E-state index contributed by atoms with van der Waals surface area (Å²) in [6, 6.07) is 7.34. The molecule has 1 amide bonds. The minimum atomic E-state index is -0.392. The molecule has 0 aromatic heterocycles. The van der Waals surface area contributed by atoms with E-state index in [4.69, 9.17) is 10.8 Å². The van der Waals surface area contributed by atoms with E-state index in [1.165, 1.54) is 0 Å². The molecule has 0 radical (unpaired) electrons. The van der Waals surface area contributed by atoms with Gasteiger partial charge in [0.05, 0.1) is 0 Å². The topological polar surface area (TPSA) is 75.4 Å². The fourth-order valence-electron chi connectivity index (χ4n) is 1.48. The standard InChI is InChI=1S/C13H20N2O2S/c14-13(17)12-4-1-3-11(9-12)10-15-5-8-18-7-2-6-16/h1,3-4,9,15-16H,2,5-8,10H2,(H2,14,17). The molecule has 0 unspecified atom stereocenters. The van der Waals surface area contributed by atoms with Crippen LogP contribution in [0.25, 0.3) is 0 Å². The summed E-state index contributed by atoms with van der Waals surface area (Å²) in [5, 5.41) is 11.9. The van der Waals surface area contributed by atoms with Gasteiger partial charge in [0.2, 0.25) is 5.91 Å². The highest BCUT2D eigenvalue weighted by atomic mass is 32.2. The Morgan fingerprint density at radius 1 is 1.39 bits per heavy atom. The van der Waals surface area contributed by atoms with Gasteiger partial charge in [-0.3, -0.25) is 4.79 Å². The number of rotatable bonds is 9. The largest absolute Gasteiger partial charge is 0.396 e. The molecule has 0 bridgehead atoms. The fourth-order valence-corrected chi connectivity index (χ4v) is 2.31. The van der Waals surface area contributed by atoms with Crippen LogP contribution in [0.2, 0.25) is 0 Å². The first-order chi connectivity index (χ1) is 8.74. The summed E-state index contributed by atoms with van der Waals surface area (Å²) in [7, 11) is 0. The number of thioether (sulfide) groups is 1. The number of carbonyl (C=O) groups excluding carboxylic acids is 1. The summed E-state index contributed by atoms with van der Waals surface area (Å²) in [5.74, 6) is 1.63. The smallest absolute Gasteiger partial charge is 0.248 e. The summed E-state index contributed by atoms with van der Waals surface area (Å²) in [6.45, 7) is 1.92. The van der Waals surface area contributed by atoms with Crippen molar-refractivity contribution in [3.63, 3.8) is 0 Å². The monoisotopic (exact) mass is 268 g/mol. The third-order valence-electron chi connectivity index (χ3n) is 2.41. The molecule has 0 saturated carbocycles. The van der Waals surface area contributed by atoms with E-state index in [2.05, 4.69) is 5.32 Å². The molecule has 0 saturated heterocycles. The maximum absolute atomic E-state index is 11.0. The maximum Gasteiger partial charge on any atom is 0.248 e. The van der Waals surface area contributed by atoms with Gasteiger partial charge >= 0.3 is 0 Å². The quantitative estimate of drug-likeness (QED) is 0.584. The van der Waals surface area contributed by atoms with E-state index < -0.39 is 5.91 Å². The van der Waals surface area contributed by atoms with Crippen LogP contribution < -0.4 is 11.1 Å². The summed E-state index contributed by atoms with van der Waals surface area (Å²) in [4.78, 5) is 11.0. The van der Waals surface area contributed by atoms with Crippen LogP contribution >= 0.6 is 11.8 Å². The average molecular weight is 268 g/mol. The molecule has 0 aliphatic rings. The van der Waals surface area contributed by atoms with Crippen molar-refractivity contribution in [3.8, 4) is 0 Å². The molecule has 18 heavy (non-hydrogen) atoms. The molecule has 4 N–H and O–H groups in total. The van der Waals surface area contributed by atoms with Crippen molar-refractivity contribution in [2.24, 2.45) is 5.73 Å². The van der Waals surface area contributed by atoms with Crippen molar-refractivity contribution in [2.45, 2.75) is 13.0 Å². The van der Waals surface area contributed by atoms with Crippen molar-refractivity contribution < 1.29 is 9.90 Å². The molecule has 0 heterocycles. The van der Waals surface area contributed by atoms with E-state index in [9.17, 15) is 4.79 Å². The van der Waals surface area contributed by atoms with Crippen molar-refractivity contribution in [2.75, 3.05) is 24.7 Å². The van der Waals surface area contributed by atoms with Gasteiger partial charge in [-0.25, -0.2) is 0 Å². The number of carbonyl (C=O) groups is 1. The third kappa shape index (κ3) is 6.05. The maximum atomic E-state index is 11.0. The second kappa shape index (κ2) is 8.97. The van der Waals surface area contributed by atoms with Gasteiger partial charge in [-0.05, 0) is 29.9 Å². The van der Waals surface area contributed by atoms with Gasteiger partial charge < -0.3 is 16.2 Å². The van der Waals surface area contributed by atoms with E-state index in [0.717, 1.165) is 36.6 Å². The highest BCUT2D eigenvalue weighted by Gasteiger charge is 2.00. The highest BCUT2D eigenvalue weighted by molar-refractivity contribution is 7.99. The Kier molecular flexibility index (Phi) is 7.48. The predicted octanol–water partition coefficient (Wildman–Crippen LogP) is 0.991. The third-order valence-corrected chi connectivity index (χ3v) is 3.48. The van der Waals surface area contributed by atoms with Crippen LogP contribution in [0.4, 0.5) is 0 Å². The number of aliphatic hydroxyl groups excluding tert-OH is 1. The van der Waals surface area contributed by atoms with E-state index >= 15 is 0 Å². The van der Waals surface area contributed by atoms with Crippen molar-refractivity contribution in [1.82, 2.24) is 5.32 Å². The van der Waals surface area contributed by atoms with Crippen LogP contribution in [-0.2, 0) is 6.54 Å². The van der Waals surface area contributed by atoms with Crippen LogP contribution in [0.3, 0.4) is 0 Å². The van der Waals surface area contributed by atoms with Gasteiger partial charge in [-0.15, -0.1) is 0 Å². The summed E-state index contributed by atoms with van der Waals surface area (Å²) in [5.41, 5.74) is 6.83. The Bertz CT molecular complexity index is 372.